The molecular weight excluding hydrogens is 284 g/mol. The third kappa shape index (κ3) is 2.69. The van der Waals surface area contributed by atoms with Gasteiger partial charge in [0.25, 0.3) is 0 Å². The fourth-order valence-electron chi connectivity index (χ4n) is 3.56. The first-order chi connectivity index (χ1) is 11.3. The van der Waals surface area contributed by atoms with Crippen LogP contribution in [0.5, 0.6) is 0 Å². The maximum absolute atomic E-state index is 4.29. The van der Waals surface area contributed by atoms with Crippen molar-refractivity contribution in [3.8, 4) is 0 Å². The SMILES string of the molecule is CCc1nnc2cc(N3CCC(c4ccccc4)CC3)ccn12. The van der Waals surface area contributed by atoms with Crippen LogP contribution in [-0.4, -0.2) is 27.7 Å². The molecule has 3 heterocycles. The zero-order valence-electron chi connectivity index (χ0n) is 13.5. The van der Waals surface area contributed by atoms with Crippen LogP contribution < -0.4 is 4.90 Å². The molecule has 23 heavy (non-hydrogen) atoms. The fraction of sp³-hybridized carbons (Fsp3) is 0.368. The first-order valence-corrected chi connectivity index (χ1v) is 8.48. The number of aromatic nitrogens is 3. The van der Waals surface area contributed by atoms with Crippen LogP contribution in [0.1, 0.15) is 37.1 Å². The largest absolute Gasteiger partial charge is 0.371 e. The van der Waals surface area contributed by atoms with Crippen molar-refractivity contribution in [1.29, 1.82) is 0 Å². The second-order valence-electron chi connectivity index (χ2n) is 6.25. The lowest BCUT2D eigenvalue weighted by Gasteiger charge is -2.33. The molecular formula is C19H22N4. The van der Waals surface area contributed by atoms with Gasteiger partial charge in [-0.25, -0.2) is 0 Å². The summed E-state index contributed by atoms with van der Waals surface area (Å²) in [5.74, 6) is 1.71. The van der Waals surface area contributed by atoms with Gasteiger partial charge in [0.15, 0.2) is 5.65 Å². The number of fused-ring (bicyclic) bond motifs is 1. The highest BCUT2D eigenvalue weighted by atomic mass is 15.2. The van der Waals surface area contributed by atoms with E-state index in [2.05, 4.69) is 75.1 Å². The highest BCUT2D eigenvalue weighted by Gasteiger charge is 2.21. The Balaban J connectivity index is 1.50. The number of aryl methyl sites for hydroxylation is 1. The number of piperidine rings is 1. The summed E-state index contributed by atoms with van der Waals surface area (Å²) >= 11 is 0. The van der Waals surface area contributed by atoms with Gasteiger partial charge in [-0.3, -0.25) is 4.40 Å². The third-order valence-electron chi connectivity index (χ3n) is 4.91. The molecule has 0 radical (unpaired) electrons. The van der Waals surface area contributed by atoms with Crippen molar-refractivity contribution in [3.05, 3.63) is 60.0 Å². The van der Waals surface area contributed by atoms with Crippen molar-refractivity contribution < 1.29 is 0 Å². The van der Waals surface area contributed by atoms with E-state index in [0.717, 1.165) is 31.0 Å². The molecule has 1 aromatic carbocycles. The highest BCUT2D eigenvalue weighted by Crippen LogP contribution is 2.30. The summed E-state index contributed by atoms with van der Waals surface area (Å²) in [5, 5.41) is 8.54. The molecule has 4 rings (SSSR count). The number of hydrogen-bond acceptors (Lipinski definition) is 3. The molecule has 4 nitrogen and oxygen atoms in total. The predicted octanol–water partition coefficient (Wildman–Crippen LogP) is 3.68. The van der Waals surface area contributed by atoms with Crippen LogP contribution in [0.3, 0.4) is 0 Å². The maximum Gasteiger partial charge on any atom is 0.162 e. The standard InChI is InChI=1S/C19H22N4/c1-2-18-20-21-19-14-17(10-13-23(18)19)22-11-8-16(9-12-22)15-6-4-3-5-7-15/h3-7,10,13-14,16H,2,8-9,11-12H2,1H3. The normalized spacial score (nSPS) is 16.1. The molecule has 0 bridgehead atoms. The summed E-state index contributed by atoms with van der Waals surface area (Å²) in [6.45, 7) is 4.31. The van der Waals surface area contributed by atoms with Crippen LogP contribution in [-0.2, 0) is 6.42 Å². The Morgan fingerprint density at radius 1 is 1.04 bits per heavy atom. The number of pyridine rings is 1. The van der Waals surface area contributed by atoms with E-state index < -0.39 is 0 Å². The van der Waals surface area contributed by atoms with E-state index in [-0.39, 0.29) is 0 Å². The zero-order chi connectivity index (χ0) is 15.6. The van der Waals surface area contributed by atoms with Crippen LogP contribution in [0.15, 0.2) is 48.7 Å². The molecule has 3 aromatic rings. The Hall–Kier alpha value is -2.36. The van der Waals surface area contributed by atoms with Gasteiger partial charge in [-0.2, -0.15) is 0 Å². The number of hydrogen-bond donors (Lipinski definition) is 0. The monoisotopic (exact) mass is 306 g/mol. The Kier molecular flexibility index (Phi) is 3.74. The second kappa shape index (κ2) is 6.03. The lowest BCUT2D eigenvalue weighted by molar-refractivity contribution is 0.505. The van der Waals surface area contributed by atoms with Gasteiger partial charge in [0.2, 0.25) is 0 Å². The third-order valence-corrected chi connectivity index (χ3v) is 4.91. The van der Waals surface area contributed by atoms with E-state index in [1.807, 2.05) is 0 Å². The molecule has 0 spiro atoms. The zero-order valence-corrected chi connectivity index (χ0v) is 13.5. The number of nitrogens with zero attached hydrogens (tertiary/aromatic N) is 4. The lowest BCUT2D eigenvalue weighted by Crippen LogP contribution is -2.32. The first-order valence-electron chi connectivity index (χ1n) is 8.48. The summed E-state index contributed by atoms with van der Waals surface area (Å²) in [7, 11) is 0. The van der Waals surface area contributed by atoms with Crippen molar-refractivity contribution in [2.75, 3.05) is 18.0 Å². The summed E-state index contributed by atoms with van der Waals surface area (Å²) in [5.41, 5.74) is 3.69. The molecule has 0 aliphatic carbocycles. The van der Waals surface area contributed by atoms with Gasteiger partial charge < -0.3 is 4.90 Å². The second-order valence-corrected chi connectivity index (χ2v) is 6.25. The van der Waals surface area contributed by atoms with E-state index in [1.165, 1.54) is 24.1 Å². The van der Waals surface area contributed by atoms with E-state index in [1.54, 1.807) is 0 Å². The quantitative estimate of drug-likeness (QED) is 0.740. The highest BCUT2D eigenvalue weighted by molar-refractivity contribution is 5.56. The molecule has 1 aliphatic rings. The minimum absolute atomic E-state index is 0.691. The Labute approximate surface area is 136 Å². The van der Waals surface area contributed by atoms with E-state index >= 15 is 0 Å². The van der Waals surface area contributed by atoms with Crippen LogP contribution >= 0.6 is 0 Å². The van der Waals surface area contributed by atoms with Crippen molar-refractivity contribution in [1.82, 2.24) is 14.6 Å². The number of rotatable bonds is 3. The molecule has 0 saturated carbocycles. The Morgan fingerprint density at radius 2 is 1.83 bits per heavy atom. The smallest absolute Gasteiger partial charge is 0.162 e. The van der Waals surface area contributed by atoms with Gasteiger partial charge in [-0.05, 0) is 30.4 Å². The van der Waals surface area contributed by atoms with Crippen molar-refractivity contribution in [2.24, 2.45) is 0 Å². The summed E-state index contributed by atoms with van der Waals surface area (Å²) < 4.78 is 2.08. The molecule has 0 atom stereocenters. The molecule has 1 fully saturated rings. The van der Waals surface area contributed by atoms with Crippen LogP contribution in [0.4, 0.5) is 5.69 Å². The average molecular weight is 306 g/mol. The molecule has 4 heteroatoms. The lowest BCUT2D eigenvalue weighted by atomic mass is 9.89. The molecule has 0 unspecified atom stereocenters. The van der Waals surface area contributed by atoms with E-state index in [4.69, 9.17) is 0 Å². The molecule has 0 N–H and O–H groups in total. The summed E-state index contributed by atoms with van der Waals surface area (Å²) in [4.78, 5) is 2.47. The Morgan fingerprint density at radius 3 is 2.57 bits per heavy atom. The topological polar surface area (TPSA) is 33.4 Å². The maximum atomic E-state index is 4.29. The summed E-state index contributed by atoms with van der Waals surface area (Å²) in [6, 6.07) is 15.3. The molecule has 0 amide bonds. The molecule has 1 aliphatic heterocycles. The molecule has 2 aromatic heterocycles. The van der Waals surface area contributed by atoms with Gasteiger partial charge in [0.1, 0.15) is 5.82 Å². The van der Waals surface area contributed by atoms with Gasteiger partial charge in [-0.15, -0.1) is 10.2 Å². The van der Waals surface area contributed by atoms with Gasteiger partial charge in [-0.1, -0.05) is 37.3 Å². The average Bonchev–Trinajstić information content (AvgIpc) is 3.05. The van der Waals surface area contributed by atoms with Gasteiger partial charge in [0, 0.05) is 37.5 Å². The van der Waals surface area contributed by atoms with Gasteiger partial charge >= 0.3 is 0 Å². The molecule has 118 valence electrons. The Bertz CT molecular complexity index is 785. The van der Waals surface area contributed by atoms with Gasteiger partial charge in [0.05, 0.1) is 0 Å². The van der Waals surface area contributed by atoms with Crippen molar-refractivity contribution in [3.63, 3.8) is 0 Å². The number of benzene rings is 1. The van der Waals surface area contributed by atoms with E-state index in [9.17, 15) is 0 Å². The van der Waals surface area contributed by atoms with Crippen LogP contribution in [0.2, 0.25) is 0 Å². The number of anilines is 1. The minimum atomic E-state index is 0.691. The van der Waals surface area contributed by atoms with Crippen molar-refractivity contribution in [2.45, 2.75) is 32.1 Å². The molecule has 1 saturated heterocycles. The first kappa shape index (κ1) is 14.2. The van der Waals surface area contributed by atoms with Crippen molar-refractivity contribution >= 4 is 11.3 Å². The van der Waals surface area contributed by atoms with Crippen LogP contribution in [0.25, 0.3) is 5.65 Å². The van der Waals surface area contributed by atoms with E-state index in [0.29, 0.717) is 5.92 Å². The predicted molar refractivity (Wildman–Crippen MR) is 93.0 cm³/mol. The summed E-state index contributed by atoms with van der Waals surface area (Å²) in [6.07, 6.45) is 5.43. The van der Waals surface area contributed by atoms with Crippen LogP contribution in [0, 0.1) is 0 Å². The minimum Gasteiger partial charge on any atom is -0.371 e. The fourth-order valence-corrected chi connectivity index (χ4v) is 3.56.